The molecule has 0 aliphatic heterocycles. The topological polar surface area (TPSA) is 65.2 Å². The smallest absolute Gasteiger partial charge is 0.356 e. The lowest BCUT2D eigenvalue weighted by Gasteiger charge is -2.10. The van der Waals surface area contributed by atoms with E-state index >= 15 is 0 Å². The minimum absolute atomic E-state index is 0.0675. The highest BCUT2D eigenvalue weighted by molar-refractivity contribution is 5.89. The molecule has 0 radical (unpaired) electrons. The van der Waals surface area contributed by atoms with Gasteiger partial charge in [0.15, 0.2) is 5.69 Å². The van der Waals surface area contributed by atoms with E-state index in [4.69, 9.17) is 5.73 Å². The molecule has 0 saturated carbocycles. The number of carbonyl (C=O) groups is 1. The van der Waals surface area contributed by atoms with Crippen LogP contribution in [-0.2, 0) is 11.3 Å². The van der Waals surface area contributed by atoms with Crippen LogP contribution in [0, 0.1) is 6.92 Å². The number of aromatic nitrogens is 1. The van der Waals surface area contributed by atoms with Gasteiger partial charge in [-0.2, -0.15) is 0 Å². The number of nitrogens with two attached hydrogens (primary N) is 1. The van der Waals surface area contributed by atoms with Crippen molar-refractivity contribution in [2.24, 2.45) is 5.73 Å². The molecule has 0 spiro atoms. The summed E-state index contributed by atoms with van der Waals surface area (Å²) in [6.45, 7) is 1.66. The fourth-order valence-corrected chi connectivity index (χ4v) is 1.30. The summed E-state index contributed by atoms with van der Waals surface area (Å²) in [5.74, 6) is -0.741. The Morgan fingerprint density at radius 3 is 2.69 bits per heavy atom. The van der Waals surface area contributed by atoms with E-state index < -0.39 is 18.1 Å². The predicted octanol–water partition coefficient (Wildman–Crippen LogP) is 1.57. The Labute approximate surface area is 91.4 Å². The Morgan fingerprint density at radius 2 is 2.25 bits per heavy atom. The molecule has 2 N–H and O–H groups in total. The van der Waals surface area contributed by atoms with Crippen molar-refractivity contribution in [3.63, 3.8) is 0 Å². The van der Waals surface area contributed by atoms with Crippen molar-refractivity contribution in [2.45, 2.75) is 19.9 Å². The summed E-state index contributed by atoms with van der Waals surface area (Å²) in [4.78, 5) is 14.9. The van der Waals surface area contributed by atoms with Crippen LogP contribution in [0.2, 0.25) is 0 Å². The SMILES string of the molecule is COC(=O)c1nc(C(F)F)cc(CN)c1C. The first-order chi connectivity index (χ1) is 7.51. The van der Waals surface area contributed by atoms with Gasteiger partial charge in [-0.25, -0.2) is 18.6 Å². The number of methoxy groups -OCH3 is 1. The van der Waals surface area contributed by atoms with Gasteiger partial charge in [-0.1, -0.05) is 0 Å². The summed E-state index contributed by atoms with van der Waals surface area (Å²) >= 11 is 0. The van der Waals surface area contributed by atoms with Gasteiger partial charge in [-0.05, 0) is 24.1 Å². The normalized spacial score (nSPS) is 10.6. The quantitative estimate of drug-likeness (QED) is 0.800. The van der Waals surface area contributed by atoms with Crippen LogP contribution < -0.4 is 5.73 Å². The summed E-state index contributed by atoms with van der Waals surface area (Å²) in [7, 11) is 1.17. The highest BCUT2D eigenvalue weighted by Gasteiger charge is 2.19. The van der Waals surface area contributed by atoms with Gasteiger partial charge in [0.05, 0.1) is 7.11 Å². The van der Waals surface area contributed by atoms with E-state index in [-0.39, 0.29) is 12.2 Å². The number of hydrogen-bond acceptors (Lipinski definition) is 4. The lowest BCUT2D eigenvalue weighted by Crippen LogP contribution is -2.13. The maximum atomic E-state index is 12.5. The Bertz CT molecular complexity index is 408. The van der Waals surface area contributed by atoms with Crippen molar-refractivity contribution in [3.05, 3.63) is 28.6 Å². The molecule has 0 bridgehead atoms. The second-order valence-electron chi connectivity index (χ2n) is 3.18. The van der Waals surface area contributed by atoms with Crippen molar-refractivity contribution in [2.75, 3.05) is 7.11 Å². The maximum absolute atomic E-state index is 12.5. The number of carbonyl (C=O) groups excluding carboxylic acids is 1. The molecule has 0 saturated heterocycles. The summed E-state index contributed by atoms with van der Waals surface area (Å²) in [5, 5.41) is 0. The van der Waals surface area contributed by atoms with Crippen LogP contribution in [0.25, 0.3) is 0 Å². The average molecular weight is 230 g/mol. The third-order valence-electron chi connectivity index (χ3n) is 2.22. The van der Waals surface area contributed by atoms with Crippen LogP contribution in [0.4, 0.5) is 8.78 Å². The molecule has 0 fully saturated rings. The molecule has 0 amide bonds. The van der Waals surface area contributed by atoms with E-state index in [0.717, 1.165) is 0 Å². The Morgan fingerprint density at radius 1 is 1.62 bits per heavy atom. The Balaban J connectivity index is 3.35. The van der Waals surface area contributed by atoms with Crippen LogP contribution in [-0.4, -0.2) is 18.1 Å². The molecule has 0 aromatic carbocycles. The standard InChI is InChI=1S/C10H12F2N2O2/c1-5-6(4-13)3-7(9(11)12)14-8(5)10(15)16-2/h3,9H,4,13H2,1-2H3. The van der Waals surface area contributed by atoms with Gasteiger partial charge in [0, 0.05) is 6.54 Å². The molecule has 0 aliphatic rings. The first-order valence-electron chi connectivity index (χ1n) is 4.58. The third-order valence-corrected chi connectivity index (χ3v) is 2.22. The summed E-state index contributed by atoms with van der Waals surface area (Å²) < 4.78 is 29.5. The van der Waals surface area contributed by atoms with E-state index in [2.05, 4.69) is 9.72 Å². The first-order valence-corrected chi connectivity index (χ1v) is 4.58. The van der Waals surface area contributed by atoms with Crippen LogP contribution in [0.3, 0.4) is 0 Å². The molecule has 0 unspecified atom stereocenters. The average Bonchev–Trinajstić information content (AvgIpc) is 2.28. The molecule has 6 heteroatoms. The molecule has 1 rings (SSSR count). The predicted molar refractivity (Wildman–Crippen MR) is 53.2 cm³/mol. The van der Waals surface area contributed by atoms with Gasteiger partial charge in [-0.3, -0.25) is 0 Å². The van der Waals surface area contributed by atoms with E-state index in [1.807, 2.05) is 0 Å². The molecule has 88 valence electrons. The monoisotopic (exact) mass is 230 g/mol. The van der Waals surface area contributed by atoms with Crippen molar-refractivity contribution >= 4 is 5.97 Å². The van der Waals surface area contributed by atoms with Crippen LogP contribution in [0.1, 0.15) is 33.7 Å². The summed E-state index contributed by atoms with van der Waals surface area (Å²) in [6.07, 6.45) is -2.74. The van der Waals surface area contributed by atoms with Gasteiger partial charge in [-0.15, -0.1) is 0 Å². The molecular formula is C10H12F2N2O2. The summed E-state index contributed by atoms with van der Waals surface area (Å²) in [5.41, 5.74) is 5.76. The van der Waals surface area contributed by atoms with Crippen molar-refractivity contribution in [1.29, 1.82) is 0 Å². The number of halogens is 2. The summed E-state index contributed by atoms with van der Waals surface area (Å²) in [6, 6.07) is 1.20. The van der Waals surface area contributed by atoms with Crippen LogP contribution in [0.15, 0.2) is 6.07 Å². The minimum Gasteiger partial charge on any atom is -0.464 e. The molecular weight excluding hydrogens is 218 g/mol. The lowest BCUT2D eigenvalue weighted by atomic mass is 10.1. The second-order valence-corrected chi connectivity index (χ2v) is 3.18. The first kappa shape index (κ1) is 12.5. The van der Waals surface area contributed by atoms with Gasteiger partial charge >= 0.3 is 5.97 Å². The second kappa shape index (κ2) is 4.98. The van der Waals surface area contributed by atoms with Crippen LogP contribution >= 0.6 is 0 Å². The molecule has 0 atom stereocenters. The zero-order valence-electron chi connectivity index (χ0n) is 8.96. The highest BCUT2D eigenvalue weighted by atomic mass is 19.3. The number of nitrogens with zero attached hydrogens (tertiary/aromatic N) is 1. The number of hydrogen-bond donors (Lipinski definition) is 1. The van der Waals surface area contributed by atoms with E-state index in [9.17, 15) is 13.6 Å². The minimum atomic E-state index is -2.74. The maximum Gasteiger partial charge on any atom is 0.356 e. The van der Waals surface area contributed by atoms with Crippen LogP contribution in [0.5, 0.6) is 0 Å². The molecule has 1 heterocycles. The fraction of sp³-hybridized carbons (Fsp3) is 0.400. The zero-order chi connectivity index (χ0) is 12.3. The van der Waals surface area contributed by atoms with Gasteiger partial charge < -0.3 is 10.5 Å². The Hall–Kier alpha value is -1.56. The van der Waals surface area contributed by atoms with Gasteiger partial charge in [0.1, 0.15) is 5.69 Å². The largest absolute Gasteiger partial charge is 0.464 e. The molecule has 1 aromatic rings. The zero-order valence-corrected chi connectivity index (χ0v) is 8.96. The molecule has 16 heavy (non-hydrogen) atoms. The van der Waals surface area contributed by atoms with Crippen molar-refractivity contribution < 1.29 is 18.3 Å². The number of rotatable bonds is 3. The molecule has 4 nitrogen and oxygen atoms in total. The number of pyridine rings is 1. The van der Waals surface area contributed by atoms with E-state index in [0.29, 0.717) is 11.1 Å². The lowest BCUT2D eigenvalue weighted by molar-refractivity contribution is 0.0591. The van der Waals surface area contributed by atoms with E-state index in [1.54, 1.807) is 6.92 Å². The van der Waals surface area contributed by atoms with Crippen molar-refractivity contribution in [3.8, 4) is 0 Å². The van der Waals surface area contributed by atoms with Gasteiger partial charge in [0.2, 0.25) is 0 Å². The molecule has 1 aromatic heterocycles. The van der Waals surface area contributed by atoms with Gasteiger partial charge in [0.25, 0.3) is 6.43 Å². The highest BCUT2D eigenvalue weighted by Crippen LogP contribution is 2.21. The number of ether oxygens (including phenoxy) is 1. The van der Waals surface area contributed by atoms with Crippen molar-refractivity contribution in [1.82, 2.24) is 4.98 Å². The molecule has 0 aliphatic carbocycles. The van der Waals surface area contributed by atoms with E-state index in [1.165, 1.54) is 13.2 Å². The number of alkyl halides is 2. The number of esters is 1. The fourth-order valence-electron chi connectivity index (χ4n) is 1.30. The third kappa shape index (κ3) is 2.33. The Kier molecular flexibility index (Phi) is 3.89.